The van der Waals surface area contributed by atoms with Gasteiger partial charge in [-0.25, -0.2) is 9.78 Å². The Balaban J connectivity index is 2.01. The minimum absolute atomic E-state index is 0.227. The van der Waals surface area contributed by atoms with Gasteiger partial charge in [-0.1, -0.05) is 46.3 Å². The second-order valence-electron chi connectivity index (χ2n) is 4.93. The van der Waals surface area contributed by atoms with E-state index in [0.29, 0.717) is 17.9 Å². The smallest absolute Gasteiger partial charge is 0.356 e. The average molecular weight is 372 g/mol. The molecule has 0 bridgehead atoms. The topological polar surface area (TPSA) is 48.4 Å². The standard InChI is InChI=1S/C18H14BrNO3/c1-22-18(21)16-10-17(23-11-12-5-3-2-4-6-12)14-9-13(19)7-8-15(14)20-16/h2-10H,11H2,1H3. The summed E-state index contributed by atoms with van der Waals surface area (Å²) in [5.74, 6) is 0.111. The first-order valence-corrected chi connectivity index (χ1v) is 7.82. The zero-order valence-corrected chi connectivity index (χ0v) is 14.0. The summed E-state index contributed by atoms with van der Waals surface area (Å²) in [5, 5.41) is 0.836. The molecule has 4 nitrogen and oxygen atoms in total. The fourth-order valence-corrected chi connectivity index (χ4v) is 2.59. The predicted octanol–water partition coefficient (Wildman–Crippen LogP) is 4.36. The molecular formula is C18H14BrNO3. The highest BCUT2D eigenvalue weighted by atomic mass is 79.9. The number of nitrogens with zero attached hydrogens (tertiary/aromatic N) is 1. The van der Waals surface area contributed by atoms with Crippen LogP contribution >= 0.6 is 15.9 Å². The maximum atomic E-state index is 11.8. The van der Waals surface area contributed by atoms with Crippen LogP contribution in [-0.4, -0.2) is 18.1 Å². The quantitative estimate of drug-likeness (QED) is 0.639. The van der Waals surface area contributed by atoms with E-state index in [2.05, 4.69) is 20.9 Å². The first kappa shape index (κ1) is 15.5. The van der Waals surface area contributed by atoms with Crippen molar-refractivity contribution in [1.82, 2.24) is 4.98 Å². The highest BCUT2D eigenvalue weighted by Crippen LogP contribution is 2.29. The molecule has 0 fully saturated rings. The van der Waals surface area contributed by atoms with Crippen molar-refractivity contribution in [1.29, 1.82) is 0 Å². The first-order chi connectivity index (χ1) is 11.2. The van der Waals surface area contributed by atoms with Crippen LogP contribution in [0.5, 0.6) is 5.75 Å². The van der Waals surface area contributed by atoms with Crippen LogP contribution in [0, 0.1) is 0 Å². The van der Waals surface area contributed by atoms with Crippen LogP contribution in [0.3, 0.4) is 0 Å². The van der Waals surface area contributed by atoms with Crippen molar-refractivity contribution in [3.63, 3.8) is 0 Å². The minimum Gasteiger partial charge on any atom is -0.488 e. The number of pyridine rings is 1. The summed E-state index contributed by atoms with van der Waals surface area (Å²) in [6, 6.07) is 17.1. The summed E-state index contributed by atoms with van der Waals surface area (Å²) >= 11 is 3.45. The van der Waals surface area contributed by atoms with Gasteiger partial charge in [0.1, 0.15) is 12.4 Å². The molecule has 0 saturated carbocycles. The molecule has 0 N–H and O–H groups in total. The zero-order valence-electron chi connectivity index (χ0n) is 12.5. The number of rotatable bonds is 4. The van der Waals surface area contributed by atoms with Crippen molar-refractivity contribution in [2.24, 2.45) is 0 Å². The van der Waals surface area contributed by atoms with E-state index >= 15 is 0 Å². The SMILES string of the molecule is COC(=O)c1cc(OCc2ccccc2)c2cc(Br)ccc2n1. The third kappa shape index (κ3) is 3.51. The highest BCUT2D eigenvalue weighted by Gasteiger charge is 2.13. The van der Waals surface area contributed by atoms with Gasteiger partial charge in [0.05, 0.1) is 12.6 Å². The van der Waals surface area contributed by atoms with E-state index in [4.69, 9.17) is 9.47 Å². The van der Waals surface area contributed by atoms with Gasteiger partial charge < -0.3 is 9.47 Å². The first-order valence-electron chi connectivity index (χ1n) is 7.03. The maximum Gasteiger partial charge on any atom is 0.356 e. The van der Waals surface area contributed by atoms with Gasteiger partial charge in [-0.3, -0.25) is 0 Å². The van der Waals surface area contributed by atoms with Crippen LogP contribution in [0.4, 0.5) is 0 Å². The Morgan fingerprint density at radius 3 is 2.65 bits per heavy atom. The molecule has 116 valence electrons. The molecule has 5 heteroatoms. The van der Waals surface area contributed by atoms with Crippen molar-refractivity contribution < 1.29 is 14.3 Å². The van der Waals surface area contributed by atoms with E-state index < -0.39 is 5.97 Å². The molecule has 0 saturated heterocycles. The van der Waals surface area contributed by atoms with Crippen LogP contribution in [0.1, 0.15) is 16.1 Å². The van der Waals surface area contributed by atoms with Crippen LogP contribution < -0.4 is 4.74 Å². The molecule has 0 aliphatic heterocycles. The minimum atomic E-state index is -0.487. The van der Waals surface area contributed by atoms with Gasteiger partial charge in [-0.05, 0) is 23.8 Å². The van der Waals surface area contributed by atoms with Crippen LogP contribution in [0.2, 0.25) is 0 Å². The number of aromatic nitrogens is 1. The van der Waals surface area contributed by atoms with Gasteiger partial charge in [0.15, 0.2) is 5.69 Å². The summed E-state index contributed by atoms with van der Waals surface area (Å²) in [7, 11) is 1.33. The number of carbonyl (C=O) groups excluding carboxylic acids is 1. The second kappa shape index (κ2) is 6.79. The lowest BCUT2D eigenvalue weighted by molar-refractivity contribution is 0.0594. The van der Waals surface area contributed by atoms with Crippen LogP contribution in [0.25, 0.3) is 10.9 Å². The Labute approximate surface area is 142 Å². The summed E-state index contributed by atoms with van der Waals surface area (Å²) < 4.78 is 11.6. The van der Waals surface area contributed by atoms with Crippen molar-refractivity contribution >= 4 is 32.8 Å². The number of halogens is 1. The van der Waals surface area contributed by atoms with E-state index in [-0.39, 0.29) is 5.69 Å². The lowest BCUT2D eigenvalue weighted by atomic mass is 10.1. The van der Waals surface area contributed by atoms with E-state index in [9.17, 15) is 4.79 Å². The number of fused-ring (bicyclic) bond motifs is 1. The van der Waals surface area contributed by atoms with Crippen molar-refractivity contribution in [2.45, 2.75) is 6.61 Å². The number of hydrogen-bond donors (Lipinski definition) is 0. The number of carbonyl (C=O) groups is 1. The molecule has 0 radical (unpaired) electrons. The van der Waals surface area contributed by atoms with Crippen LogP contribution in [-0.2, 0) is 11.3 Å². The number of benzene rings is 2. The number of ether oxygens (including phenoxy) is 2. The third-order valence-electron chi connectivity index (χ3n) is 3.36. The lowest BCUT2D eigenvalue weighted by Gasteiger charge is -2.11. The average Bonchev–Trinajstić information content (AvgIpc) is 2.59. The lowest BCUT2D eigenvalue weighted by Crippen LogP contribution is -2.06. The Morgan fingerprint density at radius 1 is 1.13 bits per heavy atom. The molecule has 1 aromatic heterocycles. The Bertz CT molecular complexity index is 850. The van der Waals surface area contributed by atoms with Crippen molar-refractivity contribution in [2.75, 3.05) is 7.11 Å². The van der Waals surface area contributed by atoms with E-state index in [1.54, 1.807) is 6.07 Å². The van der Waals surface area contributed by atoms with Crippen molar-refractivity contribution in [3.05, 3.63) is 70.3 Å². The van der Waals surface area contributed by atoms with E-state index in [1.807, 2.05) is 48.5 Å². The molecule has 0 spiro atoms. The predicted molar refractivity (Wildman–Crippen MR) is 91.6 cm³/mol. The van der Waals surface area contributed by atoms with Gasteiger partial charge in [-0.2, -0.15) is 0 Å². The second-order valence-corrected chi connectivity index (χ2v) is 5.85. The highest BCUT2D eigenvalue weighted by molar-refractivity contribution is 9.10. The third-order valence-corrected chi connectivity index (χ3v) is 3.86. The summed E-state index contributed by atoms with van der Waals surface area (Å²) in [4.78, 5) is 16.1. The van der Waals surface area contributed by atoms with Gasteiger partial charge in [0.2, 0.25) is 0 Å². The van der Waals surface area contributed by atoms with Gasteiger partial charge >= 0.3 is 5.97 Å². The van der Waals surface area contributed by atoms with Gasteiger partial charge in [-0.15, -0.1) is 0 Å². The molecule has 23 heavy (non-hydrogen) atoms. The van der Waals surface area contributed by atoms with E-state index in [1.165, 1.54) is 7.11 Å². The molecule has 1 heterocycles. The van der Waals surface area contributed by atoms with Gasteiger partial charge in [0, 0.05) is 15.9 Å². The largest absolute Gasteiger partial charge is 0.488 e. The van der Waals surface area contributed by atoms with Gasteiger partial charge in [0.25, 0.3) is 0 Å². The molecule has 0 amide bonds. The number of esters is 1. The Morgan fingerprint density at radius 2 is 1.91 bits per heavy atom. The Kier molecular flexibility index (Phi) is 4.57. The fourth-order valence-electron chi connectivity index (χ4n) is 2.23. The molecule has 0 atom stereocenters. The molecule has 0 aliphatic carbocycles. The molecule has 3 aromatic rings. The molecule has 0 aliphatic rings. The van der Waals surface area contributed by atoms with Crippen LogP contribution in [0.15, 0.2) is 59.1 Å². The van der Waals surface area contributed by atoms with Crippen molar-refractivity contribution in [3.8, 4) is 5.75 Å². The normalized spacial score (nSPS) is 10.5. The summed E-state index contributed by atoms with van der Waals surface area (Å²) in [6.45, 7) is 0.410. The molecular weight excluding hydrogens is 358 g/mol. The molecule has 2 aromatic carbocycles. The summed E-state index contributed by atoms with van der Waals surface area (Å²) in [5.41, 5.74) is 1.96. The summed E-state index contributed by atoms with van der Waals surface area (Å²) in [6.07, 6.45) is 0. The zero-order chi connectivity index (χ0) is 16.2. The monoisotopic (exact) mass is 371 g/mol. The molecule has 0 unspecified atom stereocenters. The number of methoxy groups -OCH3 is 1. The fraction of sp³-hybridized carbons (Fsp3) is 0.111. The maximum absolute atomic E-state index is 11.8. The number of hydrogen-bond acceptors (Lipinski definition) is 4. The molecule has 3 rings (SSSR count). The Hall–Kier alpha value is -2.40. The van der Waals surface area contributed by atoms with E-state index in [0.717, 1.165) is 15.4 Å².